The molecule has 1 atom stereocenters. The first kappa shape index (κ1) is 20.0. The Morgan fingerprint density at radius 1 is 1.29 bits per heavy atom. The van der Waals surface area contributed by atoms with Gasteiger partial charge in [-0.3, -0.25) is 9.67 Å². The number of fused-ring (bicyclic) bond motifs is 1. The van der Waals surface area contributed by atoms with Crippen molar-refractivity contribution in [1.29, 1.82) is 0 Å². The van der Waals surface area contributed by atoms with Crippen LogP contribution in [0.3, 0.4) is 0 Å². The van der Waals surface area contributed by atoms with Crippen LogP contribution >= 0.6 is 0 Å². The first-order valence-corrected chi connectivity index (χ1v) is 10.1. The lowest BCUT2D eigenvalue weighted by Gasteiger charge is -2.18. The highest BCUT2D eigenvalue weighted by atomic mass is 15.3. The van der Waals surface area contributed by atoms with E-state index in [1.807, 2.05) is 11.7 Å². The molecule has 0 spiro atoms. The fourth-order valence-electron chi connectivity index (χ4n) is 3.65. The van der Waals surface area contributed by atoms with Gasteiger partial charge in [0.2, 0.25) is 0 Å². The fraction of sp³-hybridized carbons (Fsp3) is 0.455. The Labute approximate surface area is 167 Å². The van der Waals surface area contributed by atoms with Gasteiger partial charge in [-0.15, -0.1) is 0 Å². The van der Waals surface area contributed by atoms with E-state index in [1.165, 1.54) is 27.7 Å². The van der Waals surface area contributed by atoms with Crippen LogP contribution in [-0.4, -0.2) is 39.9 Å². The molecule has 0 aliphatic heterocycles. The third-order valence-corrected chi connectivity index (χ3v) is 5.22. The van der Waals surface area contributed by atoms with Gasteiger partial charge in [0.1, 0.15) is 0 Å². The molecule has 0 fully saturated rings. The highest BCUT2D eigenvalue weighted by Gasteiger charge is 2.14. The van der Waals surface area contributed by atoms with Crippen molar-refractivity contribution in [3.05, 3.63) is 53.0 Å². The van der Waals surface area contributed by atoms with Gasteiger partial charge in [-0.25, -0.2) is 0 Å². The Morgan fingerprint density at radius 2 is 2.07 bits per heavy atom. The number of nitrogens with zero attached hydrogens (tertiary/aromatic N) is 3. The van der Waals surface area contributed by atoms with Crippen molar-refractivity contribution in [1.82, 2.24) is 25.4 Å². The molecule has 3 aromatic rings. The highest BCUT2D eigenvalue weighted by molar-refractivity contribution is 5.83. The van der Waals surface area contributed by atoms with Gasteiger partial charge in [-0.05, 0) is 57.7 Å². The van der Waals surface area contributed by atoms with E-state index in [0.29, 0.717) is 0 Å². The molecule has 0 bridgehead atoms. The number of aromatic amines is 1. The molecule has 0 aliphatic carbocycles. The zero-order valence-electron chi connectivity index (χ0n) is 17.6. The van der Waals surface area contributed by atoms with Crippen molar-refractivity contribution in [2.24, 2.45) is 12.0 Å². The minimum Gasteiger partial charge on any atom is -0.361 e. The predicted octanol–water partition coefficient (Wildman–Crippen LogP) is 3.25. The summed E-state index contributed by atoms with van der Waals surface area (Å²) < 4.78 is 1.96. The summed E-state index contributed by atoms with van der Waals surface area (Å²) in [6, 6.07) is 8.68. The number of aliphatic imine (C=N–C) groups is 1. The Kier molecular flexibility index (Phi) is 6.39. The van der Waals surface area contributed by atoms with Crippen molar-refractivity contribution in [3.63, 3.8) is 0 Å². The lowest BCUT2D eigenvalue weighted by molar-refractivity contribution is 0.636. The van der Waals surface area contributed by atoms with Crippen molar-refractivity contribution in [2.75, 3.05) is 13.1 Å². The summed E-state index contributed by atoms with van der Waals surface area (Å²) in [5, 5.41) is 12.7. The number of nitrogens with one attached hydrogen (secondary N) is 3. The van der Waals surface area contributed by atoms with Crippen LogP contribution in [0.4, 0.5) is 0 Å². The summed E-state index contributed by atoms with van der Waals surface area (Å²) in [6.07, 6.45) is 3.94. The largest absolute Gasteiger partial charge is 0.361 e. The number of hydrogen-bond acceptors (Lipinski definition) is 2. The van der Waals surface area contributed by atoms with Gasteiger partial charge < -0.3 is 15.6 Å². The van der Waals surface area contributed by atoms with E-state index in [2.05, 4.69) is 78.9 Å². The van der Waals surface area contributed by atoms with E-state index >= 15 is 0 Å². The van der Waals surface area contributed by atoms with E-state index < -0.39 is 0 Å². The Hall–Kier alpha value is -2.76. The first-order valence-electron chi connectivity index (χ1n) is 10.1. The monoisotopic (exact) mass is 380 g/mol. The zero-order chi connectivity index (χ0) is 20.1. The molecule has 0 saturated carbocycles. The second-order valence-electron chi connectivity index (χ2n) is 7.39. The lowest BCUT2D eigenvalue weighted by atomic mass is 10.1. The van der Waals surface area contributed by atoms with Crippen molar-refractivity contribution in [2.45, 2.75) is 46.6 Å². The normalized spacial score (nSPS) is 13.1. The summed E-state index contributed by atoms with van der Waals surface area (Å²) >= 11 is 0. The summed E-state index contributed by atoms with van der Waals surface area (Å²) in [4.78, 5) is 8.12. The van der Waals surface area contributed by atoms with Crippen LogP contribution in [0.1, 0.15) is 36.4 Å². The molecule has 1 aromatic carbocycles. The minimum atomic E-state index is 0.271. The maximum atomic E-state index is 4.79. The molecule has 0 amide bonds. The van der Waals surface area contributed by atoms with E-state index in [0.717, 1.165) is 37.6 Å². The van der Waals surface area contributed by atoms with E-state index in [1.54, 1.807) is 0 Å². The number of para-hydroxylation sites is 1. The molecule has 150 valence electrons. The SMILES string of the molecule is CCNC(=NCCc1c[nH]c2ccccc12)NC(C)Cc1c(C)nn(C)c1C. The van der Waals surface area contributed by atoms with Crippen molar-refractivity contribution >= 4 is 16.9 Å². The standard InChI is InChI=1S/C22H32N6/c1-6-23-22(26-15(2)13-20-16(3)27-28(5)17(20)4)24-12-11-18-14-25-21-10-8-7-9-19(18)21/h7-10,14-15,25H,6,11-13H2,1-5H3,(H2,23,24,26). The molecule has 1 unspecified atom stereocenters. The molecule has 3 rings (SSSR count). The number of guanidine groups is 1. The second kappa shape index (κ2) is 8.95. The topological polar surface area (TPSA) is 70.0 Å². The van der Waals surface area contributed by atoms with Crippen LogP contribution in [0.5, 0.6) is 0 Å². The third-order valence-electron chi connectivity index (χ3n) is 5.22. The molecule has 2 heterocycles. The van der Waals surface area contributed by atoms with Gasteiger partial charge in [0.25, 0.3) is 0 Å². The molecule has 0 saturated heterocycles. The van der Waals surface area contributed by atoms with E-state index in [4.69, 9.17) is 4.99 Å². The van der Waals surface area contributed by atoms with E-state index in [-0.39, 0.29) is 6.04 Å². The van der Waals surface area contributed by atoms with E-state index in [9.17, 15) is 0 Å². The number of rotatable bonds is 7. The van der Waals surface area contributed by atoms with Crippen molar-refractivity contribution in [3.8, 4) is 0 Å². The molecule has 3 N–H and O–H groups in total. The predicted molar refractivity (Wildman–Crippen MR) is 117 cm³/mol. The zero-order valence-corrected chi connectivity index (χ0v) is 17.6. The Bertz CT molecular complexity index is 949. The van der Waals surface area contributed by atoms with Crippen LogP contribution in [0.2, 0.25) is 0 Å². The maximum Gasteiger partial charge on any atom is 0.191 e. The van der Waals surface area contributed by atoms with Crippen LogP contribution in [0.15, 0.2) is 35.5 Å². The Morgan fingerprint density at radius 3 is 2.79 bits per heavy atom. The second-order valence-corrected chi connectivity index (χ2v) is 7.39. The summed E-state index contributed by atoms with van der Waals surface area (Å²) in [7, 11) is 2.00. The maximum absolute atomic E-state index is 4.79. The van der Waals surface area contributed by atoms with Crippen LogP contribution in [-0.2, 0) is 19.9 Å². The summed E-state index contributed by atoms with van der Waals surface area (Å²) in [5.41, 5.74) is 6.15. The summed E-state index contributed by atoms with van der Waals surface area (Å²) in [6.45, 7) is 10.1. The van der Waals surface area contributed by atoms with Crippen LogP contribution in [0.25, 0.3) is 10.9 Å². The quantitative estimate of drug-likeness (QED) is 0.435. The average molecular weight is 381 g/mol. The fourth-order valence-corrected chi connectivity index (χ4v) is 3.65. The van der Waals surface area contributed by atoms with Crippen LogP contribution < -0.4 is 10.6 Å². The molecular weight excluding hydrogens is 348 g/mol. The van der Waals surface area contributed by atoms with Crippen molar-refractivity contribution < 1.29 is 0 Å². The van der Waals surface area contributed by atoms with Crippen LogP contribution in [0, 0.1) is 13.8 Å². The summed E-state index contributed by atoms with van der Waals surface area (Å²) in [5.74, 6) is 0.869. The van der Waals surface area contributed by atoms with Gasteiger partial charge in [-0.1, -0.05) is 18.2 Å². The third kappa shape index (κ3) is 4.55. The smallest absolute Gasteiger partial charge is 0.191 e. The van der Waals surface area contributed by atoms with Gasteiger partial charge >= 0.3 is 0 Å². The molecule has 28 heavy (non-hydrogen) atoms. The number of hydrogen-bond donors (Lipinski definition) is 3. The number of aryl methyl sites for hydroxylation is 2. The Balaban J connectivity index is 1.62. The number of aromatic nitrogens is 3. The van der Waals surface area contributed by atoms with Gasteiger partial charge in [0, 0.05) is 49.0 Å². The minimum absolute atomic E-state index is 0.271. The molecule has 6 nitrogen and oxygen atoms in total. The van der Waals surface area contributed by atoms with Gasteiger partial charge in [-0.2, -0.15) is 5.10 Å². The molecule has 6 heteroatoms. The number of H-pyrrole nitrogens is 1. The van der Waals surface area contributed by atoms with Gasteiger partial charge in [0.15, 0.2) is 5.96 Å². The molecular formula is C22H32N6. The average Bonchev–Trinajstić information content (AvgIpc) is 3.18. The lowest BCUT2D eigenvalue weighted by Crippen LogP contribution is -2.43. The first-order chi connectivity index (χ1) is 13.5. The number of benzene rings is 1. The highest BCUT2D eigenvalue weighted by Crippen LogP contribution is 2.18. The van der Waals surface area contributed by atoms with Gasteiger partial charge in [0.05, 0.1) is 5.69 Å². The molecule has 2 aromatic heterocycles. The molecule has 0 radical (unpaired) electrons. The molecule has 0 aliphatic rings.